The number of nitrogens with one attached hydrogen (secondary N) is 1. The average molecular weight is 256 g/mol. The van der Waals surface area contributed by atoms with Gasteiger partial charge in [0.15, 0.2) is 0 Å². The quantitative estimate of drug-likeness (QED) is 0.830. The Labute approximate surface area is 119 Å². The van der Waals surface area contributed by atoms with Gasteiger partial charge >= 0.3 is 0 Å². The van der Waals surface area contributed by atoms with Crippen LogP contribution in [0.5, 0.6) is 0 Å². The molecule has 0 spiro atoms. The minimum Gasteiger partial charge on any atom is -0.385 e. The predicted octanol–water partition coefficient (Wildman–Crippen LogP) is 2.12. The van der Waals surface area contributed by atoms with Crippen molar-refractivity contribution in [2.45, 2.75) is 39.5 Å². The van der Waals surface area contributed by atoms with E-state index in [1.54, 1.807) is 0 Å². The van der Waals surface area contributed by atoms with Crippen LogP contribution in [-0.2, 0) is 6.42 Å². The molecule has 0 aromatic heterocycles. The first-order chi connectivity index (χ1) is 8.97. The van der Waals surface area contributed by atoms with Gasteiger partial charge in [0, 0.05) is 18.2 Å². The lowest BCUT2D eigenvalue weighted by Crippen LogP contribution is -2.18. The molecule has 2 radical (unpaired) electrons. The summed E-state index contributed by atoms with van der Waals surface area (Å²) in [6.45, 7) is 8.79. The molecule has 0 saturated carbocycles. The molecule has 1 aromatic rings. The number of fused-ring (bicyclic) bond motifs is 1. The number of anilines is 1. The fourth-order valence-electron chi connectivity index (χ4n) is 3.35. The summed E-state index contributed by atoms with van der Waals surface area (Å²) in [5.41, 5.74) is 7.80. The van der Waals surface area contributed by atoms with Gasteiger partial charge in [-0.3, -0.25) is 0 Å². The molecule has 1 aliphatic rings. The van der Waals surface area contributed by atoms with Crippen molar-refractivity contribution in [3.63, 3.8) is 0 Å². The second-order valence-electron chi connectivity index (χ2n) is 5.95. The van der Waals surface area contributed by atoms with Gasteiger partial charge in [0.2, 0.25) is 0 Å². The fourth-order valence-corrected chi connectivity index (χ4v) is 3.35. The normalized spacial score (nSPS) is 17.7. The van der Waals surface area contributed by atoms with E-state index in [0.29, 0.717) is 5.92 Å². The van der Waals surface area contributed by atoms with Crippen molar-refractivity contribution in [3.05, 3.63) is 22.3 Å². The van der Waals surface area contributed by atoms with Crippen molar-refractivity contribution in [1.29, 1.82) is 0 Å². The van der Waals surface area contributed by atoms with Crippen molar-refractivity contribution in [1.82, 2.24) is 4.90 Å². The Balaban J connectivity index is 2.41. The van der Waals surface area contributed by atoms with Crippen LogP contribution in [0.25, 0.3) is 0 Å². The minimum absolute atomic E-state index is 0.602. The highest BCUT2D eigenvalue weighted by Crippen LogP contribution is 2.37. The average Bonchev–Trinajstić information content (AvgIpc) is 2.78. The number of nitrogens with zero attached hydrogens (tertiary/aromatic N) is 1. The van der Waals surface area contributed by atoms with Gasteiger partial charge in [0.1, 0.15) is 7.85 Å². The van der Waals surface area contributed by atoms with Crippen LogP contribution in [0.2, 0.25) is 0 Å². The van der Waals surface area contributed by atoms with Gasteiger partial charge < -0.3 is 10.2 Å². The van der Waals surface area contributed by atoms with E-state index in [9.17, 15) is 0 Å². The number of benzene rings is 1. The molecule has 1 aliphatic heterocycles. The lowest BCUT2D eigenvalue weighted by Gasteiger charge is -2.21. The SMILES string of the molecule is [B]c1c(C)c(CC)c(C)c2c1NCC2CCN(C)C. The van der Waals surface area contributed by atoms with Crippen LogP contribution in [0.1, 0.15) is 41.5 Å². The summed E-state index contributed by atoms with van der Waals surface area (Å²) in [7, 11) is 10.6. The van der Waals surface area contributed by atoms with Crippen molar-refractivity contribution < 1.29 is 0 Å². The van der Waals surface area contributed by atoms with Crippen molar-refractivity contribution >= 4 is 19.0 Å². The van der Waals surface area contributed by atoms with E-state index in [4.69, 9.17) is 7.85 Å². The lowest BCUT2D eigenvalue weighted by atomic mass is 9.79. The molecule has 3 heteroatoms. The van der Waals surface area contributed by atoms with E-state index < -0.39 is 0 Å². The monoisotopic (exact) mass is 256 g/mol. The molecular formula is C16H25BN2. The first kappa shape index (κ1) is 14.5. The Kier molecular flexibility index (Phi) is 4.24. The third kappa shape index (κ3) is 2.53. The molecular weight excluding hydrogens is 231 g/mol. The first-order valence-corrected chi connectivity index (χ1v) is 7.27. The van der Waals surface area contributed by atoms with E-state index >= 15 is 0 Å². The zero-order valence-corrected chi connectivity index (χ0v) is 12.9. The highest BCUT2D eigenvalue weighted by atomic mass is 15.0. The van der Waals surface area contributed by atoms with Gasteiger partial charge in [-0.2, -0.15) is 0 Å². The molecule has 1 unspecified atom stereocenters. The molecule has 1 N–H and O–H groups in total. The highest BCUT2D eigenvalue weighted by molar-refractivity contribution is 6.37. The Hall–Kier alpha value is -0.955. The molecule has 2 nitrogen and oxygen atoms in total. The third-order valence-electron chi connectivity index (χ3n) is 4.46. The Morgan fingerprint density at radius 3 is 2.53 bits per heavy atom. The topological polar surface area (TPSA) is 15.3 Å². The van der Waals surface area contributed by atoms with Gasteiger partial charge in [-0.15, -0.1) is 0 Å². The summed E-state index contributed by atoms with van der Waals surface area (Å²) < 4.78 is 0. The molecule has 1 heterocycles. The van der Waals surface area contributed by atoms with E-state index in [1.165, 1.54) is 34.4 Å². The van der Waals surface area contributed by atoms with Gasteiger partial charge in [-0.1, -0.05) is 17.9 Å². The predicted molar refractivity (Wildman–Crippen MR) is 85.1 cm³/mol. The zero-order chi connectivity index (χ0) is 14.2. The van der Waals surface area contributed by atoms with E-state index in [0.717, 1.165) is 25.0 Å². The molecule has 0 aliphatic carbocycles. The Morgan fingerprint density at radius 1 is 1.26 bits per heavy atom. The largest absolute Gasteiger partial charge is 0.385 e. The molecule has 2 rings (SSSR count). The molecule has 102 valence electrons. The number of rotatable bonds is 4. The lowest BCUT2D eigenvalue weighted by molar-refractivity contribution is 0.385. The maximum Gasteiger partial charge on any atom is 0.117 e. The van der Waals surface area contributed by atoms with Crippen LogP contribution in [0.4, 0.5) is 5.69 Å². The van der Waals surface area contributed by atoms with E-state index in [-0.39, 0.29) is 0 Å². The summed E-state index contributed by atoms with van der Waals surface area (Å²) in [5, 5.41) is 3.53. The van der Waals surface area contributed by atoms with Crippen LogP contribution < -0.4 is 10.8 Å². The summed E-state index contributed by atoms with van der Waals surface area (Å²) in [4.78, 5) is 2.26. The second kappa shape index (κ2) is 5.58. The Morgan fingerprint density at radius 2 is 1.95 bits per heavy atom. The second-order valence-corrected chi connectivity index (χ2v) is 5.95. The summed E-state index contributed by atoms with van der Waals surface area (Å²) in [6.07, 6.45) is 2.26. The maximum atomic E-state index is 6.32. The third-order valence-corrected chi connectivity index (χ3v) is 4.46. The zero-order valence-electron chi connectivity index (χ0n) is 12.9. The van der Waals surface area contributed by atoms with Crippen LogP contribution >= 0.6 is 0 Å². The molecule has 0 fully saturated rings. The van der Waals surface area contributed by atoms with Gasteiger partial charge in [0.05, 0.1) is 0 Å². The smallest absolute Gasteiger partial charge is 0.117 e. The van der Waals surface area contributed by atoms with Crippen molar-refractivity contribution in [2.24, 2.45) is 0 Å². The first-order valence-electron chi connectivity index (χ1n) is 7.27. The molecule has 1 aromatic carbocycles. The summed E-state index contributed by atoms with van der Waals surface area (Å²) >= 11 is 0. The van der Waals surface area contributed by atoms with Crippen LogP contribution in [0.15, 0.2) is 0 Å². The van der Waals surface area contributed by atoms with Crippen LogP contribution in [0.3, 0.4) is 0 Å². The van der Waals surface area contributed by atoms with Crippen LogP contribution in [0, 0.1) is 13.8 Å². The fraction of sp³-hybridized carbons (Fsp3) is 0.625. The minimum atomic E-state index is 0.602. The van der Waals surface area contributed by atoms with Crippen molar-refractivity contribution in [2.75, 3.05) is 32.5 Å². The van der Waals surface area contributed by atoms with Crippen molar-refractivity contribution in [3.8, 4) is 0 Å². The molecule has 0 amide bonds. The summed E-state index contributed by atoms with van der Waals surface area (Å²) in [6, 6.07) is 0. The number of hydrogen-bond acceptors (Lipinski definition) is 2. The Bertz CT molecular complexity index is 480. The van der Waals surface area contributed by atoms with Gasteiger partial charge in [-0.25, -0.2) is 0 Å². The summed E-state index contributed by atoms with van der Waals surface area (Å²) in [5.74, 6) is 0.602. The molecule has 0 bridgehead atoms. The highest BCUT2D eigenvalue weighted by Gasteiger charge is 2.27. The van der Waals surface area contributed by atoms with Crippen LogP contribution in [-0.4, -0.2) is 39.9 Å². The van der Waals surface area contributed by atoms with E-state index in [2.05, 4.69) is 45.1 Å². The van der Waals surface area contributed by atoms with Gasteiger partial charge in [0.25, 0.3) is 0 Å². The molecule has 19 heavy (non-hydrogen) atoms. The molecule has 1 atom stereocenters. The maximum absolute atomic E-state index is 6.32. The number of hydrogen-bond donors (Lipinski definition) is 1. The van der Waals surface area contributed by atoms with E-state index in [1.807, 2.05) is 0 Å². The van der Waals surface area contributed by atoms with Gasteiger partial charge in [-0.05, 0) is 64.0 Å². The standard InChI is InChI=1S/C16H25BN2/c1-6-13-10(2)14-12(7-8-19(4)5)9-18-16(14)15(17)11(13)3/h12,18H,6-9H2,1-5H3. The molecule has 0 saturated heterocycles.